The highest BCUT2D eigenvalue weighted by Crippen LogP contribution is 2.32. The van der Waals surface area contributed by atoms with Crippen LogP contribution in [0.25, 0.3) is 0 Å². The first kappa shape index (κ1) is 24.9. The number of hydrogen-bond donors (Lipinski definition) is 0. The quantitative estimate of drug-likeness (QED) is 0.513. The van der Waals surface area contributed by atoms with Crippen LogP contribution < -0.4 is 9.80 Å². The summed E-state index contributed by atoms with van der Waals surface area (Å²) >= 11 is 0. The number of ketones is 1. The van der Waals surface area contributed by atoms with Gasteiger partial charge in [-0.05, 0) is 12.0 Å². The Morgan fingerprint density at radius 3 is 2.46 bits per heavy atom. The average molecular weight is 495 g/mol. The molecule has 0 bridgehead atoms. The van der Waals surface area contributed by atoms with Crippen molar-refractivity contribution in [2.24, 2.45) is 0 Å². The van der Waals surface area contributed by atoms with Gasteiger partial charge >= 0.3 is 6.09 Å². The number of carbonyl (C=O) groups is 2. The fourth-order valence-corrected chi connectivity index (χ4v) is 4.13. The molecule has 0 saturated carbocycles. The zero-order valence-electron chi connectivity index (χ0n) is 18.8. The maximum atomic E-state index is 15.0. The van der Waals surface area contributed by atoms with E-state index >= 15 is 8.78 Å². The predicted molar refractivity (Wildman–Crippen MR) is 119 cm³/mol. The summed E-state index contributed by atoms with van der Waals surface area (Å²) in [4.78, 5) is 31.6. The summed E-state index contributed by atoms with van der Waals surface area (Å²) in [7, 11) is 0. The van der Waals surface area contributed by atoms with Crippen LogP contribution in [0.15, 0.2) is 42.5 Å². The van der Waals surface area contributed by atoms with E-state index in [0.29, 0.717) is 19.6 Å². The van der Waals surface area contributed by atoms with Gasteiger partial charge < -0.3 is 9.64 Å². The number of rotatable bonds is 8. The van der Waals surface area contributed by atoms with Crippen molar-refractivity contribution in [3.05, 3.63) is 59.7 Å². The van der Waals surface area contributed by atoms with E-state index in [2.05, 4.69) is 0 Å². The number of nitrogens with zero attached hydrogens (tertiary/aromatic N) is 3. The third kappa shape index (κ3) is 6.09. The molecule has 0 radical (unpaired) electrons. The molecule has 35 heavy (non-hydrogen) atoms. The number of carbonyl (C=O) groups excluding carboxylic acids is 2. The van der Waals surface area contributed by atoms with Crippen LogP contribution >= 0.6 is 0 Å². The minimum Gasteiger partial charge on any atom is -0.444 e. The van der Waals surface area contributed by atoms with Gasteiger partial charge in [-0.15, -0.1) is 0 Å². The monoisotopic (exact) mass is 495 g/mol. The molecule has 0 aromatic heterocycles. The van der Waals surface area contributed by atoms with Crippen molar-refractivity contribution in [2.45, 2.75) is 31.9 Å². The van der Waals surface area contributed by atoms with Crippen molar-refractivity contribution in [1.82, 2.24) is 5.06 Å². The van der Waals surface area contributed by atoms with Crippen molar-refractivity contribution in [1.29, 1.82) is 0 Å². The number of benzene rings is 2. The molecule has 0 N–H and O–H groups in total. The average Bonchev–Trinajstić information content (AvgIpc) is 3.05. The lowest BCUT2D eigenvalue weighted by atomic mass is 10.1. The van der Waals surface area contributed by atoms with Crippen molar-refractivity contribution in [3.63, 3.8) is 0 Å². The standard InChI is InChI=1S/C24H25F4N3O4/c25-19-12-17(31-15-18(35-24(31)33)6-7-21(32)23(27)28)13-20(26)22(19)29-8-9-30(34-11-10-29)14-16-4-2-1-3-5-16/h1-5,12-13,18,23H,6-11,14-15H2/t18-/m0/s1. The Morgan fingerprint density at radius 2 is 1.77 bits per heavy atom. The number of anilines is 2. The van der Waals surface area contributed by atoms with Gasteiger partial charge in [-0.1, -0.05) is 30.3 Å². The molecule has 2 heterocycles. The molecule has 4 rings (SSSR count). The summed E-state index contributed by atoms with van der Waals surface area (Å²) < 4.78 is 59.9. The molecule has 2 aliphatic heterocycles. The number of hydroxylamine groups is 2. The number of cyclic esters (lactones) is 1. The number of amides is 1. The van der Waals surface area contributed by atoms with Crippen LogP contribution in [-0.4, -0.2) is 62.3 Å². The molecular formula is C24H25F4N3O4. The van der Waals surface area contributed by atoms with Crippen LogP contribution in [0.4, 0.5) is 33.7 Å². The molecule has 2 aromatic rings. The van der Waals surface area contributed by atoms with Gasteiger partial charge in [0.15, 0.2) is 17.4 Å². The summed E-state index contributed by atoms with van der Waals surface area (Å²) in [5.41, 5.74) is 0.788. The lowest BCUT2D eigenvalue weighted by Gasteiger charge is -2.24. The summed E-state index contributed by atoms with van der Waals surface area (Å²) in [6, 6.07) is 11.8. The number of ether oxygens (including phenoxy) is 1. The fraction of sp³-hybridized carbons (Fsp3) is 0.417. The Bertz CT molecular complexity index is 1030. The van der Waals surface area contributed by atoms with E-state index in [1.54, 1.807) is 9.96 Å². The molecule has 2 saturated heterocycles. The minimum absolute atomic E-state index is 0.0480. The van der Waals surface area contributed by atoms with Gasteiger partial charge in [0.25, 0.3) is 6.43 Å². The van der Waals surface area contributed by atoms with E-state index < -0.39 is 42.5 Å². The second kappa shape index (κ2) is 11.0. The zero-order valence-corrected chi connectivity index (χ0v) is 18.8. The smallest absolute Gasteiger partial charge is 0.414 e. The highest BCUT2D eigenvalue weighted by molar-refractivity contribution is 5.90. The summed E-state index contributed by atoms with van der Waals surface area (Å²) in [5.74, 6) is -2.94. The zero-order chi connectivity index (χ0) is 24.9. The van der Waals surface area contributed by atoms with Gasteiger partial charge in [-0.25, -0.2) is 22.4 Å². The molecule has 1 amide bonds. The lowest BCUT2D eigenvalue weighted by Crippen LogP contribution is -2.32. The van der Waals surface area contributed by atoms with Crippen LogP contribution in [0, 0.1) is 11.6 Å². The van der Waals surface area contributed by atoms with Crippen LogP contribution in [0.2, 0.25) is 0 Å². The van der Waals surface area contributed by atoms with Gasteiger partial charge in [0, 0.05) is 44.7 Å². The molecule has 1 atom stereocenters. The van der Waals surface area contributed by atoms with Crippen LogP contribution in [-0.2, 0) is 20.9 Å². The Balaban J connectivity index is 1.40. The third-order valence-corrected chi connectivity index (χ3v) is 5.92. The molecule has 11 heteroatoms. The van der Waals surface area contributed by atoms with Crippen LogP contribution in [0.5, 0.6) is 0 Å². The van der Waals surface area contributed by atoms with E-state index in [1.807, 2.05) is 30.3 Å². The Labute approximate surface area is 199 Å². The first-order valence-electron chi connectivity index (χ1n) is 11.3. The van der Waals surface area contributed by atoms with E-state index in [-0.39, 0.29) is 37.5 Å². The highest BCUT2D eigenvalue weighted by atomic mass is 19.3. The third-order valence-electron chi connectivity index (χ3n) is 5.92. The van der Waals surface area contributed by atoms with Crippen molar-refractivity contribution >= 4 is 23.3 Å². The molecule has 0 unspecified atom stereocenters. The van der Waals surface area contributed by atoms with Crippen molar-refractivity contribution in [3.8, 4) is 0 Å². The Morgan fingerprint density at radius 1 is 1.06 bits per heavy atom. The molecule has 2 aliphatic rings. The van der Waals surface area contributed by atoms with E-state index in [0.717, 1.165) is 22.6 Å². The molecule has 2 aromatic carbocycles. The van der Waals surface area contributed by atoms with Gasteiger partial charge in [0.1, 0.15) is 11.8 Å². The summed E-state index contributed by atoms with van der Waals surface area (Å²) in [6.07, 6.45) is -5.32. The summed E-state index contributed by atoms with van der Waals surface area (Å²) in [6.45, 7) is 1.70. The first-order chi connectivity index (χ1) is 16.8. The van der Waals surface area contributed by atoms with Crippen LogP contribution in [0.3, 0.4) is 0 Å². The minimum atomic E-state index is -3.09. The molecular weight excluding hydrogens is 470 g/mol. The maximum absolute atomic E-state index is 15.0. The molecule has 188 valence electrons. The maximum Gasteiger partial charge on any atom is 0.414 e. The van der Waals surface area contributed by atoms with Gasteiger partial charge in [0.2, 0.25) is 0 Å². The molecule has 7 nitrogen and oxygen atoms in total. The van der Waals surface area contributed by atoms with Gasteiger partial charge in [-0.3, -0.25) is 14.5 Å². The van der Waals surface area contributed by atoms with E-state index in [9.17, 15) is 18.4 Å². The van der Waals surface area contributed by atoms with E-state index in [4.69, 9.17) is 9.57 Å². The van der Waals surface area contributed by atoms with E-state index in [1.165, 1.54) is 0 Å². The molecule has 2 fully saturated rings. The van der Waals surface area contributed by atoms with Gasteiger partial charge in [0.05, 0.1) is 18.8 Å². The number of hydrogen-bond acceptors (Lipinski definition) is 6. The number of halogens is 4. The summed E-state index contributed by atoms with van der Waals surface area (Å²) in [5, 5.41) is 1.75. The SMILES string of the molecule is O=C(CC[C@H]1CN(c2cc(F)c(N3CCON(Cc4ccccc4)CC3)c(F)c2)C(=O)O1)C(F)F. The number of Topliss-reactive ketones (excluding diaryl/α,β-unsaturated/α-hetero) is 1. The second-order valence-electron chi connectivity index (χ2n) is 8.35. The first-order valence-corrected chi connectivity index (χ1v) is 11.3. The predicted octanol–water partition coefficient (Wildman–Crippen LogP) is 4.16. The largest absolute Gasteiger partial charge is 0.444 e. The van der Waals surface area contributed by atoms with Crippen LogP contribution in [0.1, 0.15) is 18.4 Å². The second-order valence-corrected chi connectivity index (χ2v) is 8.35. The highest BCUT2D eigenvalue weighted by Gasteiger charge is 2.34. The van der Waals surface area contributed by atoms with Gasteiger partial charge in [-0.2, -0.15) is 5.06 Å². The normalized spacial score (nSPS) is 19.2. The topological polar surface area (TPSA) is 62.3 Å². The lowest BCUT2D eigenvalue weighted by molar-refractivity contribution is -0.154. The molecule has 0 aliphatic carbocycles. The fourth-order valence-electron chi connectivity index (χ4n) is 4.13. The Kier molecular flexibility index (Phi) is 7.86. The van der Waals surface area contributed by atoms with Crippen molar-refractivity contribution < 1.29 is 36.7 Å². The molecule has 0 spiro atoms. The Hall–Kier alpha value is -3.18. The number of alkyl halides is 2. The van der Waals surface area contributed by atoms with Crippen molar-refractivity contribution in [2.75, 3.05) is 42.6 Å².